The molecule has 6 nitrogen and oxygen atoms in total. The molecule has 2 amide bonds. The molecule has 0 unspecified atom stereocenters. The summed E-state index contributed by atoms with van der Waals surface area (Å²) in [4.78, 5) is 23.9. The minimum absolute atomic E-state index is 0.352. The second-order valence-corrected chi connectivity index (χ2v) is 5.65. The standard InChI is InChI=1S/C18H19N3O3/c1-3-9-21-15-8-7-14(11-16(15)24-18(21)23)20-17(22)19-13-6-4-5-12(2)10-13/h4-8,10-11H,3,9H2,1-2H3,(H2,19,20,22). The predicted octanol–water partition coefficient (Wildman–Crippen LogP) is 3.96. The number of carbonyl (C=O) groups is 1. The van der Waals surface area contributed by atoms with Crippen LogP contribution in [0.4, 0.5) is 16.2 Å². The van der Waals surface area contributed by atoms with E-state index in [4.69, 9.17) is 4.42 Å². The van der Waals surface area contributed by atoms with Crippen LogP contribution < -0.4 is 16.4 Å². The summed E-state index contributed by atoms with van der Waals surface area (Å²) in [5.74, 6) is -0.381. The second kappa shape index (κ2) is 6.62. The van der Waals surface area contributed by atoms with Crippen LogP contribution in [-0.2, 0) is 6.54 Å². The van der Waals surface area contributed by atoms with Crippen LogP contribution in [-0.4, -0.2) is 10.6 Å². The number of anilines is 2. The molecule has 0 radical (unpaired) electrons. The molecule has 0 saturated carbocycles. The highest BCUT2D eigenvalue weighted by atomic mass is 16.4. The van der Waals surface area contributed by atoms with E-state index in [1.807, 2.05) is 38.1 Å². The van der Waals surface area contributed by atoms with Gasteiger partial charge in [-0.05, 0) is 43.2 Å². The molecule has 0 aliphatic heterocycles. The third kappa shape index (κ3) is 3.32. The lowest BCUT2D eigenvalue weighted by Crippen LogP contribution is -2.19. The van der Waals surface area contributed by atoms with Crippen molar-refractivity contribution in [3.8, 4) is 0 Å². The Kier molecular flexibility index (Phi) is 4.37. The smallest absolute Gasteiger partial charge is 0.408 e. The van der Waals surface area contributed by atoms with Crippen molar-refractivity contribution >= 4 is 28.5 Å². The van der Waals surface area contributed by atoms with E-state index in [2.05, 4.69) is 10.6 Å². The van der Waals surface area contributed by atoms with Gasteiger partial charge in [-0.1, -0.05) is 19.1 Å². The molecule has 0 aliphatic rings. The number of nitrogens with one attached hydrogen (secondary N) is 2. The Hall–Kier alpha value is -3.02. The second-order valence-electron chi connectivity index (χ2n) is 5.65. The number of nitrogens with zero attached hydrogens (tertiary/aromatic N) is 1. The number of aromatic nitrogens is 1. The lowest BCUT2D eigenvalue weighted by Gasteiger charge is -2.08. The third-order valence-electron chi connectivity index (χ3n) is 3.65. The van der Waals surface area contributed by atoms with Gasteiger partial charge in [0.15, 0.2) is 5.58 Å². The van der Waals surface area contributed by atoms with E-state index >= 15 is 0 Å². The van der Waals surface area contributed by atoms with Crippen molar-refractivity contribution in [1.82, 2.24) is 4.57 Å². The molecule has 24 heavy (non-hydrogen) atoms. The van der Waals surface area contributed by atoms with Crippen LogP contribution in [0.15, 0.2) is 51.7 Å². The van der Waals surface area contributed by atoms with Crippen LogP contribution in [0.1, 0.15) is 18.9 Å². The highest BCUT2D eigenvalue weighted by molar-refractivity contribution is 6.00. The summed E-state index contributed by atoms with van der Waals surface area (Å²) in [6, 6.07) is 12.4. The Morgan fingerprint density at radius 2 is 1.88 bits per heavy atom. The molecule has 0 aliphatic carbocycles. The number of benzene rings is 2. The molecule has 3 rings (SSSR count). The molecule has 124 valence electrons. The van der Waals surface area contributed by atoms with Crippen molar-refractivity contribution in [2.24, 2.45) is 0 Å². The first-order valence-electron chi connectivity index (χ1n) is 7.85. The first kappa shape index (κ1) is 15.9. The van der Waals surface area contributed by atoms with E-state index < -0.39 is 0 Å². The average Bonchev–Trinajstić information content (AvgIpc) is 2.83. The van der Waals surface area contributed by atoms with Crippen molar-refractivity contribution in [3.63, 3.8) is 0 Å². The van der Waals surface area contributed by atoms with E-state index in [0.717, 1.165) is 17.5 Å². The van der Waals surface area contributed by atoms with E-state index in [1.54, 1.807) is 22.8 Å². The summed E-state index contributed by atoms with van der Waals surface area (Å²) in [6.45, 7) is 4.56. The lowest BCUT2D eigenvalue weighted by atomic mass is 10.2. The van der Waals surface area contributed by atoms with Gasteiger partial charge >= 0.3 is 11.8 Å². The van der Waals surface area contributed by atoms with Gasteiger partial charge in [0.05, 0.1) is 5.52 Å². The summed E-state index contributed by atoms with van der Waals surface area (Å²) >= 11 is 0. The zero-order valence-electron chi connectivity index (χ0n) is 13.6. The van der Waals surface area contributed by atoms with E-state index in [1.165, 1.54) is 0 Å². The minimum Gasteiger partial charge on any atom is -0.408 e. The van der Waals surface area contributed by atoms with Gasteiger partial charge < -0.3 is 15.1 Å². The Morgan fingerprint density at radius 3 is 2.58 bits per heavy atom. The quantitative estimate of drug-likeness (QED) is 0.762. The van der Waals surface area contributed by atoms with Gasteiger partial charge in [-0.2, -0.15) is 0 Å². The van der Waals surface area contributed by atoms with Gasteiger partial charge in [0.25, 0.3) is 0 Å². The first-order chi connectivity index (χ1) is 11.6. The van der Waals surface area contributed by atoms with Crippen molar-refractivity contribution in [2.75, 3.05) is 10.6 Å². The largest absolute Gasteiger partial charge is 0.419 e. The van der Waals surface area contributed by atoms with Crippen LogP contribution in [0.3, 0.4) is 0 Å². The van der Waals surface area contributed by atoms with Gasteiger partial charge in [-0.3, -0.25) is 4.57 Å². The van der Waals surface area contributed by atoms with Gasteiger partial charge in [-0.25, -0.2) is 9.59 Å². The maximum Gasteiger partial charge on any atom is 0.419 e. The van der Waals surface area contributed by atoms with Crippen molar-refractivity contribution in [3.05, 3.63) is 58.6 Å². The van der Waals surface area contributed by atoms with E-state index in [0.29, 0.717) is 23.5 Å². The number of oxazole rings is 1. The fourth-order valence-electron chi connectivity index (χ4n) is 2.60. The molecule has 1 heterocycles. The zero-order valence-corrected chi connectivity index (χ0v) is 13.6. The topological polar surface area (TPSA) is 76.3 Å². The number of urea groups is 1. The maximum absolute atomic E-state index is 12.1. The average molecular weight is 325 g/mol. The molecular weight excluding hydrogens is 306 g/mol. The predicted molar refractivity (Wildman–Crippen MR) is 94.6 cm³/mol. The van der Waals surface area contributed by atoms with Crippen LogP contribution in [0.5, 0.6) is 0 Å². The molecule has 0 bridgehead atoms. The fourth-order valence-corrected chi connectivity index (χ4v) is 2.60. The van der Waals surface area contributed by atoms with E-state index in [-0.39, 0.29) is 11.8 Å². The monoisotopic (exact) mass is 325 g/mol. The SMILES string of the molecule is CCCn1c(=O)oc2cc(NC(=O)Nc3cccc(C)c3)ccc21. The molecule has 0 spiro atoms. The molecule has 3 aromatic rings. The van der Waals surface area contributed by atoms with Gasteiger partial charge in [0.2, 0.25) is 0 Å². The minimum atomic E-state index is -0.381. The Bertz CT molecular complexity index is 940. The molecule has 2 N–H and O–H groups in total. The molecule has 0 atom stereocenters. The summed E-state index contributed by atoms with van der Waals surface area (Å²) in [5.41, 5.74) is 3.53. The van der Waals surface area contributed by atoms with Gasteiger partial charge in [0.1, 0.15) is 0 Å². The number of fused-ring (bicyclic) bond motifs is 1. The number of hydrogen-bond donors (Lipinski definition) is 2. The summed E-state index contributed by atoms with van der Waals surface area (Å²) < 4.78 is 6.83. The Balaban J connectivity index is 1.77. The van der Waals surface area contributed by atoms with Crippen molar-refractivity contribution in [1.29, 1.82) is 0 Å². The molecule has 0 saturated heterocycles. The maximum atomic E-state index is 12.1. The lowest BCUT2D eigenvalue weighted by molar-refractivity contribution is 0.262. The molecule has 0 fully saturated rings. The summed E-state index contributed by atoms with van der Waals surface area (Å²) in [5, 5.41) is 5.51. The normalized spacial score (nSPS) is 10.8. The first-order valence-corrected chi connectivity index (χ1v) is 7.85. The fraction of sp³-hybridized carbons (Fsp3) is 0.222. The number of rotatable bonds is 4. The number of carbonyl (C=O) groups excluding carboxylic acids is 1. The summed E-state index contributed by atoms with van der Waals surface area (Å²) in [6.07, 6.45) is 0.841. The molecular formula is C18H19N3O3. The number of hydrogen-bond acceptors (Lipinski definition) is 3. The Morgan fingerprint density at radius 1 is 1.12 bits per heavy atom. The molecule has 2 aromatic carbocycles. The highest BCUT2D eigenvalue weighted by Gasteiger charge is 2.10. The van der Waals surface area contributed by atoms with Crippen molar-refractivity contribution < 1.29 is 9.21 Å². The number of amides is 2. The summed E-state index contributed by atoms with van der Waals surface area (Å²) in [7, 11) is 0. The van der Waals surface area contributed by atoms with Crippen molar-refractivity contribution in [2.45, 2.75) is 26.8 Å². The van der Waals surface area contributed by atoms with E-state index in [9.17, 15) is 9.59 Å². The third-order valence-corrected chi connectivity index (χ3v) is 3.65. The Labute approximate surface area is 139 Å². The van der Waals surface area contributed by atoms with Crippen LogP contribution in [0, 0.1) is 6.92 Å². The van der Waals surface area contributed by atoms with Crippen LogP contribution in [0.2, 0.25) is 0 Å². The molecule has 6 heteroatoms. The molecule has 1 aromatic heterocycles. The number of aryl methyl sites for hydroxylation is 2. The highest BCUT2D eigenvalue weighted by Crippen LogP contribution is 2.19. The van der Waals surface area contributed by atoms with Crippen LogP contribution >= 0.6 is 0 Å². The van der Waals surface area contributed by atoms with Gasteiger partial charge in [0, 0.05) is 24.0 Å². The van der Waals surface area contributed by atoms with Gasteiger partial charge in [-0.15, -0.1) is 0 Å². The zero-order chi connectivity index (χ0) is 17.1. The van der Waals surface area contributed by atoms with Crippen LogP contribution in [0.25, 0.3) is 11.1 Å².